The van der Waals surface area contributed by atoms with E-state index in [2.05, 4.69) is 15.6 Å². The van der Waals surface area contributed by atoms with Gasteiger partial charge in [0.15, 0.2) is 0 Å². The summed E-state index contributed by atoms with van der Waals surface area (Å²) in [6.45, 7) is 3.50. The van der Waals surface area contributed by atoms with Gasteiger partial charge < -0.3 is 15.5 Å². The Hall–Kier alpha value is -2.96. The topological polar surface area (TPSA) is 74.3 Å². The molecule has 2 amide bonds. The maximum absolute atomic E-state index is 13.0. The van der Waals surface area contributed by atoms with Crippen LogP contribution in [0.15, 0.2) is 42.6 Å². The zero-order chi connectivity index (χ0) is 18.5. The molecule has 0 bridgehead atoms. The van der Waals surface area contributed by atoms with Gasteiger partial charge in [-0.15, -0.1) is 0 Å². The summed E-state index contributed by atoms with van der Waals surface area (Å²) in [5.74, 6) is 0.0844. The third-order valence-corrected chi connectivity index (χ3v) is 4.27. The minimum absolute atomic E-state index is 0.0103. The summed E-state index contributed by atoms with van der Waals surface area (Å²) in [5, 5.41) is 5.83. The lowest BCUT2D eigenvalue weighted by Gasteiger charge is -2.17. The van der Waals surface area contributed by atoms with Crippen LogP contribution in [0.25, 0.3) is 0 Å². The normalized spacial score (nSPS) is 16.6. The standard InChI is InChI=1S/C19H21FN4O2/c1-2-21-18(25)14-5-8-17(22-11-14)23-16-9-10-24(19(16)26)12-13-3-6-15(20)7-4-13/h3-8,11,16H,2,9-10,12H2,1H3,(H,21,25)(H,22,23). The summed E-state index contributed by atoms with van der Waals surface area (Å²) in [6.07, 6.45) is 2.16. The first-order valence-electron chi connectivity index (χ1n) is 8.61. The summed E-state index contributed by atoms with van der Waals surface area (Å²) in [6, 6.07) is 9.18. The lowest BCUT2D eigenvalue weighted by molar-refractivity contribution is -0.128. The van der Waals surface area contributed by atoms with Crippen LogP contribution in [-0.2, 0) is 11.3 Å². The Kier molecular flexibility index (Phi) is 5.46. The summed E-state index contributed by atoms with van der Waals surface area (Å²) in [7, 11) is 0. The van der Waals surface area contributed by atoms with Gasteiger partial charge in [0.25, 0.3) is 5.91 Å². The molecule has 6 nitrogen and oxygen atoms in total. The van der Waals surface area contributed by atoms with Gasteiger partial charge in [0.05, 0.1) is 5.56 Å². The first-order valence-corrected chi connectivity index (χ1v) is 8.61. The second-order valence-electron chi connectivity index (χ2n) is 6.16. The quantitative estimate of drug-likeness (QED) is 0.832. The molecule has 1 atom stereocenters. The minimum Gasteiger partial charge on any atom is -0.358 e. The summed E-state index contributed by atoms with van der Waals surface area (Å²) in [4.78, 5) is 30.2. The van der Waals surface area contributed by atoms with Crippen molar-refractivity contribution in [3.8, 4) is 0 Å². The highest BCUT2D eigenvalue weighted by Crippen LogP contribution is 2.19. The Bertz CT molecular complexity index is 777. The van der Waals surface area contributed by atoms with E-state index >= 15 is 0 Å². The molecule has 2 N–H and O–H groups in total. The molecule has 1 aromatic heterocycles. The number of amides is 2. The van der Waals surface area contributed by atoms with Crippen molar-refractivity contribution in [3.05, 3.63) is 59.5 Å². The van der Waals surface area contributed by atoms with Gasteiger partial charge in [-0.2, -0.15) is 0 Å². The first-order chi connectivity index (χ1) is 12.6. The fraction of sp³-hybridized carbons (Fsp3) is 0.316. The minimum atomic E-state index is -0.349. The summed E-state index contributed by atoms with van der Waals surface area (Å²) < 4.78 is 13.0. The fourth-order valence-electron chi connectivity index (χ4n) is 2.89. The predicted octanol–water partition coefficient (Wildman–Crippen LogP) is 2.18. The van der Waals surface area contributed by atoms with E-state index in [1.54, 1.807) is 29.2 Å². The molecule has 0 aliphatic carbocycles. The van der Waals surface area contributed by atoms with Crippen molar-refractivity contribution in [2.24, 2.45) is 0 Å². The number of aromatic nitrogens is 1. The number of hydrogen-bond acceptors (Lipinski definition) is 4. The molecule has 1 aliphatic heterocycles. The fourth-order valence-corrected chi connectivity index (χ4v) is 2.89. The van der Waals surface area contributed by atoms with Gasteiger partial charge >= 0.3 is 0 Å². The van der Waals surface area contributed by atoms with Crippen LogP contribution in [0.4, 0.5) is 10.2 Å². The van der Waals surface area contributed by atoms with E-state index in [-0.39, 0.29) is 23.7 Å². The number of halogens is 1. The van der Waals surface area contributed by atoms with Crippen LogP contribution >= 0.6 is 0 Å². The molecule has 1 fully saturated rings. The molecular weight excluding hydrogens is 335 g/mol. The number of hydrogen-bond donors (Lipinski definition) is 2. The molecule has 2 aromatic rings. The van der Waals surface area contributed by atoms with Crippen molar-refractivity contribution >= 4 is 17.6 Å². The molecule has 136 valence electrons. The number of anilines is 1. The van der Waals surface area contributed by atoms with Crippen molar-refractivity contribution in [1.82, 2.24) is 15.2 Å². The van der Waals surface area contributed by atoms with Crippen molar-refractivity contribution in [2.75, 3.05) is 18.4 Å². The first kappa shape index (κ1) is 17.8. The number of carbonyl (C=O) groups excluding carboxylic acids is 2. The average molecular weight is 356 g/mol. The van der Waals surface area contributed by atoms with Gasteiger partial charge in [-0.3, -0.25) is 9.59 Å². The van der Waals surface area contributed by atoms with Crippen LogP contribution < -0.4 is 10.6 Å². The van der Waals surface area contributed by atoms with Gasteiger partial charge in [0, 0.05) is 25.8 Å². The van der Waals surface area contributed by atoms with E-state index in [0.717, 1.165) is 5.56 Å². The van der Waals surface area contributed by atoms with E-state index in [1.165, 1.54) is 18.3 Å². The molecule has 1 aromatic carbocycles. The van der Waals surface area contributed by atoms with Crippen molar-refractivity contribution in [3.63, 3.8) is 0 Å². The Balaban J connectivity index is 1.58. The third-order valence-electron chi connectivity index (χ3n) is 4.27. The molecule has 1 saturated heterocycles. The molecule has 0 saturated carbocycles. The van der Waals surface area contributed by atoms with Crippen molar-refractivity contribution in [2.45, 2.75) is 25.9 Å². The predicted molar refractivity (Wildman–Crippen MR) is 96.1 cm³/mol. The lowest BCUT2D eigenvalue weighted by Crippen LogP contribution is -2.33. The van der Waals surface area contributed by atoms with E-state index in [9.17, 15) is 14.0 Å². The number of nitrogens with zero attached hydrogens (tertiary/aromatic N) is 2. The Morgan fingerprint density at radius 3 is 2.69 bits per heavy atom. The largest absolute Gasteiger partial charge is 0.358 e. The second-order valence-corrected chi connectivity index (χ2v) is 6.16. The highest BCUT2D eigenvalue weighted by atomic mass is 19.1. The summed E-state index contributed by atoms with van der Waals surface area (Å²) >= 11 is 0. The van der Waals surface area contributed by atoms with Crippen LogP contribution in [0.3, 0.4) is 0 Å². The van der Waals surface area contributed by atoms with E-state index in [4.69, 9.17) is 0 Å². The van der Waals surface area contributed by atoms with Gasteiger partial charge in [-0.05, 0) is 43.2 Å². The highest BCUT2D eigenvalue weighted by Gasteiger charge is 2.31. The molecule has 0 spiro atoms. The number of likely N-dealkylation sites (tertiary alicyclic amines) is 1. The van der Waals surface area contributed by atoms with Crippen molar-refractivity contribution in [1.29, 1.82) is 0 Å². The van der Waals surface area contributed by atoms with Gasteiger partial charge in [0.1, 0.15) is 17.7 Å². The maximum atomic E-state index is 13.0. The smallest absolute Gasteiger partial charge is 0.252 e. The maximum Gasteiger partial charge on any atom is 0.252 e. The lowest BCUT2D eigenvalue weighted by atomic mass is 10.2. The van der Waals surface area contributed by atoms with Gasteiger partial charge in [-0.1, -0.05) is 12.1 Å². The van der Waals surface area contributed by atoms with Crippen LogP contribution in [0, 0.1) is 5.82 Å². The zero-order valence-electron chi connectivity index (χ0n) is 14.5. The van der Waals surface area contributed by atoms with Gasteiger partial charge in [0.2, 0.25) is 5.91 Å². The van der Waals surface area contributed by atoms with Crippen LogP contribution in [-0.4, -0.2) is 40.8 Å². The molecular formula is C19H21FN4O2. The molecule has 0 radical (unpaired) electrons. The highest BCUT2D eigenvalue weighted by molar-refractivity contribution is 5.94. The number of carbonyl (C=O) groups is 2. The number of nitrogens with one attached hydrogen (secondary N) is 2. The third kappa shape index (κ3) is 4.17. The van der Waals surface area contributed by atoms with Crippen LogP contribution in [0.1, 0.15) is 29.3 Å². The van der Waals surface area contributed by atoms with E-state index in [0.29, 0.717) is 37.4 Å². The number of benzene rings is 1. The molecule has 1 aliphatic rings. The molecule has 3 rings (SSSR count). The van der Waals surface area contributed by atoms with E-state index in [1.807, 2.05) is 6.92 Å². The van der Waals surface area contributed by atoms with E-state index < -0.39 is 0 Å². The second kappa shape index (κ2) is 7.95. The van der Waals surface area contributed by atoms with Crippen LogP contribution in [0.5, 0.6) is 0 Å². The van der Waals surface area contributed by atoms with Crippen molar-refractivity contribution < 1.29 is 14.0 Å². The Labute approximate surface area is 151 Å². The Morgan fingerprint density at radius 2 is 2.04 bits per heavy atom. The number of rotatable bonds is 6. The SMILES string of the molecule is CCNC(=O)c1ccc(NC2CCN(Cc3ccc(F)cc3)C2=O)nc1. The Morgan fingerprint density at radius 1 is 1.27 bits per heavy atom. The van der Waals surface area contributed by atoms with Crippen LogP contribution in [0.2, 0.25) is 0 Å². The molecule has 1 unspecified atom stereocenters. The zero-order valence-corrected chi connectivity index (χ0v) is 14.5. The number of pyridine rings is 1. The monoisotopic (exact) mass is 356 g/mol. The molecule has 26 heavy (non-hydrogen) atoms. The summed E-state index contributed by atoms with van der Waals surface area (Å²) in [5.41, 5.74) is 1.37. The molecule has 2 heterocycles. The average Bonchev–Trinajstić information content (AvgIpc) is 2.98. The molecule has 7 heteroatoms. The van der Waals surface area contributed by atoms with Gasteiger partial charge in [-0.25, -0.2) is 9.37 Å².